The number of amides is 1. The fourth-order valence-electron chi connectivity index (χ4n) is 2.53. The van der Waals surface area contributed by atoms with Crippen molar-refractivity contribution in [2.45, 2.75) is 12.8 Å². The number of halogens is 1. The lowest BCUT2D eigenvalue weighted by Crippen LogP contribution is -2.35. The highest BCUT2D eigenvalue weighted by Crippen LogP contribution is 2.34. The summed E-state index contributed by atoms with van der Waals surface area (Å²) in [4.78, 5) is 34.0. The van der Waals surface area contributed by atoms with Crippen LogP contribution in [0.15, 0.2) is 29.3 Å². The molecule has 0 aliphatic heterocycles. The number of non-ortho nitro benzene ring substituents is 1. The van der Waals surface area contributed by atoms with Gasteiger partial charge in [0.25, 0.3) is 5.69 Å². The molecule has 1 amide bonds. The molecule has 1 aliphatic carbocycles. The summed E-state index contributed by atoms with van der Waals surface area (Å²) in [5.74, 6) is -3.20. The highest BCUT2D eigenvalue weighted by Gasteiger charge is 2.36. The number of nitro groups is 1. The number of hydrogen-bond acceptors (Lipinski definition) is 5. The second-order valence-electron chi connectivity index (χ2n) is 5.27. The molecular weight excluding hydrogens is 340 g/mol. The third kappa shape index (κ3) is 3.83. The van der Waals surface area contributed by atoms with E-state index in [2.05, 4.69) is 5.32 Å². The molecule has 1 aliphatic rings. The Labute approximate surface area is 142 Å². The number of carboxylic acid groups (broad SMARTS) is 1. The van der Waals surface area contributed by atoms with E-state index in [1.54, 1.807) is 6.08 Å². The van der Waals surface area contributed by atoms with Crippen LogP contribution in [0.25, 0.3) is 0 Å². The van der Waals surface area contributed by atoms with Gasteiger partial charge in [-0.25, -0.2) is 0 Å². The number of nitro benzene ring substituents is 1. The summed E-state index contributed by atoms with van der Waals surface area (Å²) in [6.45, 7) is 0. The number of anilines is 1. The summed E-state index contributed by atoms with van der Waals surface area (Å²) in [6.07, 6.45) is 1.89. The van der Waals surface area contributed by atoms with Gasteiger partial charge < -0.3 is 15.2 Å². The average molecular weight is 355 g/mol. The Hall–Kier alpha value is -2.61. The Balaban J connectivity index is 2.23. The van der Waals surface area contributed by atoms with Gasteiger partial charge in [0.1, 0.15) is 5.75 Å². The van der Waals surface area contributed by atoms with E-state index < -0.39 is 28.6 Å². The van der Waals surface area contributed by atoms with Gasteiger partial charge in [-0.2, -0.15) is 0 Å². The van der Waals surface area contributed by atoms with Crippen LogP contribution >= 0.6 is 11.6 Å². The van der Waals surface area contributed by atoms with Crippen LogP contribution in [0.5, 0.6) is 5.75 Å². The minimum absolute atomic E-state index is 0.113. The van der Waals surface area contributed by atoms with Crippen LogP contribution in [0.2, 0.25) is 0 Å². The van der Waals surface area contributed by atoms with Crippen molar-refractivity contribution in [2.24, 2.45) is 11.8 Å². The highest BCUT2D eigenvalue weighted by atomic mass is 35.5. The second-order valence-corrected chi connectivity index (χ2v) is 5.76. The first kappa shape index (κ1) is 17.7. The van der Waals surface area contributed by atoms with Crippen LogP contribution in [0.4, 0.5) is 11.4 Å². The third-order valence-electron chi connectivity index (χ3n) is 3.80. The minimum Gasteiger partial charge on any atom is -0.494 e. The van der Waals surface area contributed by atoms with Crippen molar-refractivity contribution in [2.75, 3.05) is 12.4 Å². The number of carbonyl (C=O) groups is 2. The van der Waals surface area contributed by atoms with E-state index in [-0.39, 0.29) is 30.0 Å². The van der Waals surface area contributed by atoms with Gasteiger partial charge in [0, 0.05) is 11.1 Å². The maximum Gasteiger partial charge on any atom is 0.307 e. The van der Waals surface area contributed by atoms with Gasteiger partial charge in [-0.3, -0.25) is 19.7 Å². The summed E-state index contributed by atoms with van der Waals surface area (Å²) in [6, 6.07) is 3.74. The number of benzene rings is 1. The predicted molar refractivity (Wildman–Crippen MR) is 86.1 cm³/mol. The monoisotopic (exact) mass is 354 g/mol. The smallest absolute Gasteiger partial charge is 0.307 e. The Morgan fingerprint density at radius 2 is 2.12 bits per heavy atom. The largest absolute Gasteiger partial charge is 0.494 e. The molecule has 24 heavy (non-hydrogen) atoms. The van der Waals surface area contributed by atoms with Crippen molar-refractivity contribution in [3.05, 3.63) is 39.4 Å². The summed E-state index contributed by atoms with van der Waals surface area (Å²) in [5.41, 5.74) is 0.0415. The van der Waals surface area contributed by atoms with Crippen LogP contribution in [-0.2, 0) is 9.59 Å². The molecule has 1 aromatic carbocycles. The molecule has 8 nitrogen and oxygen atoms in total. The number of ether oxygens (including phenoxy) is 1. The molecule has 2 atom stereocenters. The molecule has 9 heteroatoms. The Kier molecular flexibility index (Phi) is 5.40. The molecule has 128 valence electrons. The van der Waals surface area contributed by atoms with Gasteiger partial charge in [-0.05, 0) is 18.9 Å². The Morgan fingerprint density at radius 3 is 2.71 bits per heavy atom. The molecular formula is C15H15ClN2O6. The van der Waals surface area contributed by atoms with E-state index in [0.29, 0.717) is 5.03 Å². The third-order valence-corrected chi connectivity index (χ3v) is 4.11. The molecule has 0 spiro atoms. The molecule has 0 heterocycles. The lowest BCUT2D eigenvalue weighted by Gasteiger charge is -2.26. The van der Waals surface area contributed by atoms with Gasteiger partial charge in [-0.15, -0.1) is 0 Å². The van der Waals surface area contributed by atoms with Crippen LogP contribution in [0, 0.1) is 22.0 Å². The number of aliphatic carboxylic acids is 1. The fraction of sp³-hybridized carbons (Fsp3) is 0.333. The molecule has 0 fully saturated rings. The van der Waals surface area contributed by atoms with Crippen LogP contribution in [-0.4, -0.2) is 29.0 Å². The number of nitrogens with zero attached hydrogens (tertiary/aromatic N) is 1. The van der Waals surface area contributed by atoms with Gasteiger partial charge >= 0.3 is 5.97 Å². The summed E-state index contributed by atoms with van der Waals surface area (Å²) in [7, 11) is 1.31. The van der Waals surface area contributed by atoms with Crippen LogP contribution in [0.1, 0.15) is 12.8 Å². The molecule has 0 radical (unpaired) electrons. The lowest BCUT2D eigenvalue weighted by molar-refractivity contribution is -0.384. The van der Waals surface area contributed by atoms with Gasteiger partial charge in [-0.1, -0.05) is 17.7 Å². The van der Waals surface area contributed by atoms with Crippen molar-refractivity contribution < 1.29 is 24.4 Å². The van der Waals surface area contributed by atoms with Crippen LogP contribution in [0.3, 0.4) is 0 Å². The molecule has 2 N–H and O–H groups in total. The van der Waals surface area contributed by atoms with Crippen LogP contribution < -0.4 is 10.1 Å². The normalized spacial score (nSPS) is 20.0. The first-order valence-electron chi connectivity index (χ1n) is 7.04. The SMILES string of the molecule is COc1cc([N+](=O)[O-])ccc1NC(=O)[C@@H]1CC(Cl)=CC[C@@H]1C(=O)O. The fourth-order valence-corrected chi connectivity index (χ4v) is 2.78. The van der Waals surface area contributed by atoms with Gasteiger partial charge in [0.15, 0.2) is 0 Å². The number of hydrogen-bond donors (Lipinski definition) is 2. The van der Waals surface area contributed by atoms with Gasteiger partial charge in [0.05, 0.1) is 35.6 Å². The van der Waals surface area contributed by atoms with Gasteiger partial charge in [0.2, 0.25) is 5.91 Å². The maximum absolute atomic E-state index is 12.5. The van der Waals surface area contributed by atoms with E-state index in [4.69, 9.17) is 16.3 Å². The average Bonchev–Trinajstić information content (AvgIpc) is 2.54. The van der Waals surface area contributed by atoms with Crippen molar-refractivity contribution in [1.29, 1.82) is 0 Å². The van der Waals surface area contributed by atoms with E-state index in [1.165, 1.54) is 25.3 Å². The zero-order valence-electron chi connectivity index (χ0n) is 12.7. The Morgan fingerprint density at radius 1 is 1.42 bits per heavy atom. The summed E-state index contributed by atoms with van der Waals surface area (Å²) >= 11 is 5.93. The first-order chi connectivity index (χ1) is 11.3. The number of carbonyl (C=O) groups excluding carboxylic acids is 1. The van der Waals surface area contributed by atoms with Crippen molar-refractivity contribution in [1.82, 2.24) is 0 Å². The Bertz CT molecular complexity index is 718. The van der Waals surface area contributed by atoms with Crippen molar-refractivity contribution in [3.8, 4) is 5.75 Å². The number of allylic oxidation sites excluding steroid dienone is 2. The van der Waals surface area contributed by atoms with Crippen molar-refractivity contribution in [3.63, 3.8) is 0 Å². The maximum atomic E-state index is 12.5. The summed E-state index contributed by atoms with van der Waals surface area (Å²) in [5, 5.41) is 23.0. The number of rotatable bonds is 5. The minimum atomic E-state index is -1.08. The molecule has 0 unspecified atom stereocenters. The molecule has 0 saturated carbocycles. The zero-order chi connectivity index (χ0) is 17.9. The first-order valence-corrected chi connectivity index (χ1v) is 7.42. The van der Waals surface area contributed by atoms with Crippen molar-refractivity contribution >= 4 is 34.9 Å². The predicted octanol–water partition coefficient (Wildman–Crippen LogP) is 2.78. The lowest BCUT2D eigenvalue weighted by atomic mass is 9.82. The molecule has 0 bridgehead atoms. The van der Waals surface area contributed by atoms with E-state index in [1.807, 2.05) is 0 Å². The van der Waals surface area contributed by atoms with E-state index >= 15 is 0 Å². The number of nitrogens with one attached hydrogen (secondary N) is 1. The number of carboxylic acids is 1. The molecule has 0 saturated heterocycles. The molecule has 2 rings (SSSR count). The standard InChI is InChI=1S/C15H15ClN2O6/c1-24-13-7-9(18(22)23)3-5-12(13)17-14(19)11-6-8(16)2-4-10(11)15(20)21/h2-3,5,7,10-11H,4,6H2,1H3,(H,17,19)(H,20,21)/t10-,11+/m0/s1. The molecule has 0 aromatic heterocycles. The second kappa shape index (κ2) is 7.31. The summed E-state index contributed by atoms with van der Waals surface area (Å²) < 4.78 is 5.05. The number of methoxy groups -OCH3 is 1. The van der Waals surface area contributed by atoms with E-state index in [0.717, 1.165) is 0 Å². The zero-order valence-corrected chi connectivity index (χ0v) is 13.4. The quantitative estimate of drug-likeness (QED) is 0.619. The highest BCUT2D eigenvalue weighted by molar-refractivity contribution is 6.29. The van der Waals surface area contributed by atoms with E-state index in [9.17, 15) is 24.8 Å². The topological polar surface area (TPSA) is 119 Å². The molecule has 1 aromatic rings.